The number of hydrogen-bond donors (Lipinski definition) is 1. The lowest BCUT2D eigenvalue weighted by Gasteiger charge is -2.37. The lowest BCUT2D eigenvalue weighted by molar-refractivity contribution is -0.0832. The summed E-state index contributed by atoms with van der Waals surface area (Å²) >= 11 is 0. The van der Waals surface area contributed by atoms with Crippen LogP contribution in [0.3, 0.4) is 0 Å². The average molecular weight is 236 g/mol. The molecule has 0 radical (unpaired) electrons. The number of aromatic nitrogens is 2. The zero-order chi connectivity index (χ0) is 12.3. The van der Waals surface area contributed by atoms with Gasteiger partial charge in [-0.15, -0.1) is 0 Å². The van der Waals surface area contributed by atoms with Crippen molar-refractivity contribution >= 4 is 6.29 Å². The molecule has 1 saturated carbocycles. The van der Waals surface area contributed by atoms with Crippen LogP contribution >= 0.6 is 0 Å². The van der Waals surface area contributed by atoms with Gasteiger partial charge in [-0.2, -0.15) is 0 Å². The Hall–Kier alpha value is -1.16. The van der Waals surface area contributed by atoms with E-state index in [2.05, 4.69) is 16.9 Å². The van der Waals surface area contributed by atoms with E-state index < -0.39 is 0 Å². The molecule has 4 heteroatoms. The minimum atomic E-state index is -0.303. The first kappa shape index (κ1) is 12.3. The van der Waals surface area contributed by atoms with Gasteiger partial charge in [0.05, 0.1) is 11.9 Å². The second-order valence-corrected chi connectivity index (χ2v) is 4.91. The molecule has 4 nitrogen and oxygen atoms in total. The molecule has 0 amide bonds. The van der Waals surface area contributed by atoms with E-state index in [1.807, 2.05) is 6.92 Å². The molecule has 1 aromatic rings. The Labute approximate surface area is 102 Å². The molecular formula is C13H20N2O2. The minimum Gasteiger partial charge on any atom is -0.367 e. The van der Waals surface area contributed by atoms with Gasteiger partial charge in [-0.1, -0.05) is 6.92 Å². The van der Waals surface area contributed by atoms with E-state index in [9.17, 15) is 4.79 Å². The molecule has 0 aliphatic heterocycles. The summed E-state index contributed by atoms with van der Waals surface area (Å²) in [6.07, 6.45) is 6.64. The van der Waals surface area contributed by atoms with Gasteiger partial charge in [-0.25, -0.2) is 4.98 Å². The van der Waals surface area contributed by atoms with Gasteiger partial charge in [-0.05, 0) is 38.5 Å². The van der Waals surface area contributed by atoms with Crippen LogP contribution < -0.4 is 0 Å². The standard InChI is InChI=1S/C13H20N2O2/c1-3-17-13(6-4-10(2)5-7-13)12-14-8-11(9-16)15-12/h8-10H,3-7H2,1-2H3,(H,14,15). The number of ether oxygens (including phenoxy) is 1. The van der Waals surface area contributed by atoms with Gasteiger partial charge in [0.2, 0.25) is 0 Å². The van der Waals surface area contributed by atoms with E-state index in [0.29, 0.717) is 12.3 Å². The highest BCUT2D eigenvalue weighted by Gasteiger charge is 2.39. The van der Waals surface area contributed by atoms with Gasteiger partial charge in [-0.3, -0.25) is 4.79 Å². The predicted octanol–water partition coefficient (Wildman–Crippen LogP) is 2.66. The molecular weight excluding hydrogens is 216 g/mol. The fraction of sp³-hybridized carbons (Fsp3) is 0.692. The van der Waals surface area contributed by atoms with Gasteiger partial charge in [0, 0.05) is 6.61 Å². The first-order valence-electron chi connectivity index (χ1n) is 6.35. The van der Waals surface area contributed by atoms with Gasteiger partial charge in [0.25, 0.3) is 0 Å². The quantitative estimate of drug-likeness (QED) is 0.818. The first-order chi connectivity index (χ1) is 8.20. The predicted molar refractivity (Wildman–Crippen MR) is 64.9 cm³/mol. The van der Waals surface area contributed by atoms with E-state index in [-0.39, 0.29) is 5.60 Å². The van der Waals surface area contributed by atoms with Crippen molar-refractivity contribution in [3.8, 4) is 0 Å². The van der Waals surface area contributed by atoms with Crippen LogP contribution in [0.2, 0.25) is 0 Å². The van der Waals surface area contributed by atoms with Crippen molar-refractivity contribution in [1.82, 2.24) is 9.97 Å². The molecule has 2 rings (SSSR count). The summed E-state index contributed by atoms with van der Waals surface area (Å²) in [6.45, 7) is 4.95. The number of imidazole rings is 1. The minimum absolute atomic E-state index is 0.303. The van der Waals surface area contributed by atoms with Crippen LogP contribution in [-0.4, -0.2) is 22.9 Å². The summed E-state index contributed by atoms with van der Waals surface area (Å²) in [4.78, 5) is 18.1. The van der Waals surface area contributed by atoms with Gasteiger partial charge in [0.1, 0.15) is 11.4 Å². The maximum atomic E-state index is 10.7. The van der Waals surface area contributed by atoms with Crippen molar-refractivity contribution in [2.75, 3.05) is 6.61 Å². The lowest BCUT2D eigenvalue weighted by Crippen LogP contribution is -2.35. The second kappa shape index (κ2) is 5.00. The highest BCUT2D eigenvalue weighted by molar-refractivity contribution is 5.71. The van der Waals surface area contributed by atoms with Crippen LogP contribution in [0.5, 0.6) is 0 Å². The normalized spacial score (nSPS) is 29.2. The van der Waals surface area contributed by atoms with Crippen molar-refractivity contribution in [3.63, 3.8) is 0 Å². The van der Waals surface area contributed by atoms with Gasteiger partial charge < -0.3 is 9.72 Å². The number of nitrogens with one attached hydrogen (secondary N) is 1. The van der Waals surface area contributed by atoms with Crippen LogP contribution in [0, 0.1) is 5.92 Å². The third kappa shape index (κ3) is 2.41. The summed E-state index contributed by atoms with van der Waals surface area (Å²) in [5.74, 6) is 1.57. The molecule has 0 bridgehead atoms. The Kier molecular flexibility index (Phi) is 3.62. The molecule has 0 unspecified atom stereocenters. The summed E-state index contributed by atoms with van der Waals surface area (Å²) < 4.78 is 5.95. The smallest absolute Gasteiger partial charge is 0.167 e. The van der Waals surface area contributed by atoms with E-state index in [1.165, 1.54) is 0 Å². The van der Waals surface area contributed by atoms with Crippen LogP contribution in [0.25, 0.3) is 0 Å². The molecule has 17 heavy (non-hydrogen) atoms. The van der Waals surface area contributed by atoms with Crippen molar-refractivity contribution in [2.45, 2.75) is 45.1 Å². The largest absolute Gasteiger partial charge is 0.367 e. The van der Waals surface area contributed by atoms with E-state index in [0.717, 1.165) is 43.7 Å². The molecule has 0 spiro atoms. The number of aldehydes is 1. The lowest BCUT2D eigenvalue weighted by atomic mass is 9.79. The molecule has 1 N–H and O–H groups in total. The summed E-state index contributed by atoms with van der Waals surface area (Å²) in [5, 5.41) is 0. The summed E-state index contributed by atoms with van der Waals surface area (Å²) in [5.41, 5.74) is 0.223. The van der Waals surface area contributed by atoms with Crippen molar-refractivity contribution in [2.24, 2.45) is 5.92 Å². The third-order valence-electron chi connectivity index (χ3n) is 3.66. The number of carbonyl (C=O) groups excluding carboxylic acids is 1. The average Bonchev–Trinajstić information content (AvgIpc) is 2.82. The Morgan fingerprint density at radius 1 is 1.59 bits per heavy atom. The molecule has 1 heterocycles. The number of hydrogen-bond acceptors (Lipinski definition) is 3. The molecule has 94 valence electrons. The van der Waals surface area contributed by atoms with Crippen LogP contribution in [-0.2, 0) is 10.3 Å². The fourth-order valence-corrected chi connectivity index (χ4v) is 2.58. The molecule has 1 aliphatic carbocycles. The molecule has 1 fully saturated rings. The zero-order valence-corrected chi connectivity index (χ0v) is 10.5. The molecule has 1 aromatic heterocycles. The Morgan fingerprint density at radius 3 is 2.82 bits per heavy atom. The number of nitrogens with zero attached hydrogens (tertiary/aromatic N) is 1. The van der Waals surface area contributed by atoms with Crippen molar-refractivity contribution in [1.29, 1.82) is 0 Å². The maximum absolute atomic E-state index is 10.7. The second-order valence-electron chi connectivity index (χ2n) is 4.91. The van der Waals surface area contributed by atoms with Crippen molar-refractivity contribution < 1.29 is 9.53 Å². The van der Waals surface area contributed by atoms with Crippen LogP contribution in [0.1, 0.15) is 55.8 Å². The third-order valence-corrected chi connectivity index (χ3v) is 3.66. The monoisotopic (exact) mass is 236 g/mol. The highest BCUT2D eigenvalue weighted by atomic mass is 16.5. The van der Waals surface area contributed by atoms with E-state index in [4.69, 9.17) is 4.74 Å². The van der Waals surface area contributed by atoms with Crippen molar-refractivity contribution in [3.05, 3.63) is 17.7 Å². The zero-order valence-electron chi connectivity index (χ0n) is 10.5. The summed E-state index contributed by atoms with van der Waals surface area (Å²) in [6, 6.07) is 0. The SMILES string of the molecule is CCOC1(c2ncc(C=O)[nH]2)CCC(C)CC1. The Morgan fingerprint density at radius 2 is 2.29 bits per heavy atom. The van der Waals surface area contributed by atoms with E-state index in [1.54, 1.807) is 6.20 Å². The van der Waals surface area contributed by atoms with Gasteiger partial charge >= 0.3 is 0 Å². The van der Waals surface area contributed by atoms with Crippen LogP contribution in [0.15, 0.2) is 6.20 Å². The number of H-pyrrole nitrogens is 1. The molecule has 0 saturated heterocycles. The Bertz CT molecular complexity index is 379. The number of aromatic amines is 1. The van der Waals surface area contributed by atoms with Crippen LogP contribution in [0.4, 0.5) is 0 Å². The fourth-order valence-electron chi connectivity index (χ4n) is 2.58. The molecule has 0 aromatic carbocycles. The number of rotatable bonds is 4. The summed E-state index contributed by atoms with van der Waals surface area (Å²) in [7, 11) is 0. The molecule has 0 atom stereocenters. The highest BCUT2D eigenvalue weighted by Crippen LogP contribution is 2.41. The Balaban J connectivity index is 2.24. The maximum Gasteiger partial charge on any atom is 0.167 e. The molecule has 1 aliphatic rings. The number of carbonyl (C=O) groups is 1. The topological polar surface area (TPSA) is 55.0 Å². The van der Waals surface area contributed by atoms with Gasteiger partial charge in [0.15, 0.2) is 6.29 Å². The first-order valence-corrected chi connectivity index (χ1v) is 6.35. The van der Waals surface area contributed by atoms with E-state index >= 15 is 0 Å².